The van der Waals surface area contributed by atoms with E-state index < -0.39 is 0 Å². The molecule has 1 aromatic carbocycles. The van der Waals surface area contributed by atoms with Crippen LogP contribution in [-0.4, -0.2) is 19.7 Å². The van der Waals surface area contributed by atoms with Crippen LogP contribution >= 0.6 is 11.6 Å². The van der Waals surface area contributed by atoms with Gasteiger partial charge in [-0.1, -0.05) is 11.6 Å². The molecule has 0 aliphatic heterocycles. The van der Waals surface area contributed by atoms with Gasteiger partial charge < -0.3 is 0 Å². The zero-order chi connectivity index (χ0) is 13.4. The van der Waals surface area contributed by atoms with Gasteiger partial charge in [-0.15, -0.1) is 0 Å². The third-order valence-electron chi connectivity index (χ3n) is 2.73. The van der Waals surface area contributed by atoms with Gasteiger partial charge in [-0.05, 0) is 31.2 Å². The van der Waals surface area contributed by atoms with Gasteiger partial charge in [0.1, 0.15) is 11.0 Å². The van der Waals surface area contributed by atoms with E-state index in [1.807, 2.05) is 12.1 Å². The van der Waals surface area contributed by atoms with Crippen LogP contribution < -0.4 is 0 Å². The third-order valence-corrected chi connectivity index (χ3v) is 3.02. The summed E-state index contributed by atoms with van der Waals surface area (Å²) in [7, 11) is 0. The summed E-state index contributed by atoms with van der Waals surface area (Å²) in [5, 5.41) is 14.2. The molecule has 3 rings (SSSR count). The largest absolute Gasteiger partial charge is 0.221 e. The van der Waals surface area contributed by atoms with Crippen LogP contribution in [0.15, 0.2) is 30.5 Å². The fraction of sp³-hybridized carbons (Fsp3) is 0.0769. The predicted octanol–water partition coefficient (Wildman–Crippen LogP) is 2.65. The Morgan fingerprint density at radius 2 is 1.95 bits per heavy atom. The molecule has 0 saturated carbocycles. The second-order valence-electron chi connectivity index (χ2n) is 4.01. The number of fused-ring (bicyclic) bond motifs is 1. The SMILES string of the molecule is Cc1nc(Cl)c2cnn(-c3ccc(C#N)cc3)c2n1. The molecule has 5 nitrogen and oxygen atoms in total. The summed E-state index contributed by atoms with van der Waals surface area (Å²) in [6, 6.07) is 9.18. The molecular weight excluding hydrogens is 262 g/mol. The van der Waals surface area contributed by atoms with E-state index in [4.69, 9.17) is 16.9 Å². The maximum Gasteiger partial charge on any atom is 0.168 e. The first kappa shape index (κ1) is 11.6. The lowest BCUT2D eigenvalue weighted by atomic mass is 10.2. The zero-order valence-electron chi connectivity index (χ0n) is 10.0. The van der Waals surface area contributed by atoms with E-state index in [0.717, 1.165) is 5.69 Å². The molecule has 3 aromatic rings. The number of aryl methyl sites for hydroxylation is 1. The van der Waals surface area contributed by atoms with Gasteiger partial charge in [0, 0.05) is 0 Å². The second kappa shape index (κ2) is 4.34. The van der Waals surface area contributed by atoms with Crippen molar-refractivity contribution in [2.45, 2.75) is 6.92 Å². The fourth-order valence-corrected chi connectivity index (χ4v) is 2.10. The number of hydrogen-bond donors (Lipinski definition) is 0. The molecule has 19 heavy (non-hydrogen) atoms. The summed E-state index contributed by atoms with van der Waals surface area (Å²) >= 11 is 6.06. The molecule has 2 heterocycles. The van der Waals surface area contributed by atoms with Crippen molar-refractivity contribution in [2.24, 2.45) is 0 Å². The van der Waals surface area contributed by atoms with Crippen LogP contribution in [-0.2, 0) is 0 Å². The number of nitrogens with zero attached hydrogens (tertiary/aromatic N) is 5. The predicted molar refractivity (Wildman–Crippen MR) is 71.1 cm³/mol. The molecule has 0 fully saturated rings. The maximum absolute atomic E-state index is 8.79. The van der Waals surface area contributed by atoms with Crippen LogP contribution in [0, 0.1) is 18.3 Å². The Balaban J connectivity index is 2.22. The molecule has 0 aliphatic rings. The molecule has 0 atom stereocenters. The van der Waals surface area contributed by atoms with Gasteiger partial charge in [0.2, 0.25) is 0 Å². The topological polar surface area (TPSA) is 67.4 Å². The highest BCUT2D eigenvalue weighted by Crippen LogP contribution is 2.22. The van der Waals surface area contributed by atoms with Crippen molar-refractivity contribution in [3.8, 4) is 11.8 Å². The molecule has 6 heteroatoms. The van der Waals surface area contributed by atoms with Crippen molar-refractivity contribution >= 4 is 22.6 Å². The number of halogens is 1. The van der Waals surface area contributed by atoms with Crippen molar-refractivity contribution in [3.63, 3.8) is 0 Å². The Bertz CT molecular complexity index is 798. The van der Waals surface area contributed by atoms with Crippen molar-refractivity contribution < 1.29 is 0 Å². The minimum absolute atomic E-state index is 0.391. The van der Waals surface area contributed by atoms with E-state index in [2.05, 4.69) is 21.1 Å². The lowest BCUT2D eigenvalue weighted by Gasteiger charge is -2.03. The zero-order valence-corrected chi connectivity index (χ0v) is 10.8. The van der Waals surface area contributed by atoms with Crippen molar-refractivity contribution in [3.05, 3.63) is 47.0 Å². The van der Waals surface area contributed by atoms with Crippen molar-refractivity contribution in [2.75, 3.05) is 0 Å². The Morgan fingerprint density at radius 3 is 2.63 bits per heavy atom. The molecule has 0 unspecified atom stereocenters. The fourth-order valence-electron chi connectivity index (χ4n) is 1.84. The van der Waals surface area contributed by atoms with E-state index in [0.29, 0.717) is 27.6 Å². The van der Waals surface area contributed by atoms with Gasteiger partial charge in [-0.2, -0.15) is 10.4 Å². The van der Waals surface area contributed by atoms with Gasteiger partial charge in [-0.25, -0.2) is 14.6 Å². The minimum atomic E-state index is 0.391. The summed E-state index contributed by atoms with van der Waals surface area (Å²) in [5.74, 6) is 0.591. The molecule has 92 valence electrons. The van der Waals surface area contributed by atoms with Crippen LogP contribution in [0.1, 0.15) is 11.4 Å². The Labute approximate surface area is 114 Å². The van der Waals surface area contributed by atoms with Gasteiger partial charge in [0.25, 0.3) is 0 Å². The minimum Gasteiger partial charge on any atom is -0.221 e. The van der Waals surface area contributed by atoms with Crippen LogP contribution in [0.3, 0.4) is 0 Å². The number of nitriles is 1. The van der Waals surface area contributed by atoms with Crippen LogP contribution in [0.5, 0.6) is 0 Å². The van der Waals surface area contributed by atoms with Crippen LogP contribution in [0.4, 0.5) is 0 Å². The molecule has 0 saturated heterocycles. The average molecular weight is 270 g/mol. The summed E-state index contributed by atoms with van der Waals surface area (Å²) < 4.78 is 1.68. The highest BCUT2D eigenvalue weighted by atomic mass is 35.5. The number of rotatable bonds is 1. The Hall–Kier alpha value is -2.45. The Kier molecular flexibility index (Phi) is 2.65. The smallest absolute Gasteiger partial charge is 0.168 e. The number of hydrogen-bond acceptors (Lipinski definition) is 4. The lowest BCUT2D eigenvalue weighted by Crippen LogP contribution is -1.99. The maximum atomic E-state index is 8.79. The standard InChI is InChI=1S/C13H8ClN5/c1-8-17-12(14)11-7-16-19(13(11)18-8)10-4-2-9(6-15)3-5-10/h2-5,7H,1H3. The molecule has 0 bridgehead atoms. The number of benzene rings is 1. The molecule has 0 radical (unpaired) electrons. The third kappa shape index (κ3) is 1.92. The van der Waals surface area contributed by atoms with Gasteiger partial charge in [0.05, 0.1) is 28.9 Å². The summed E-state index contributed by atoms with van der Waals surface area (Å²) in [4.78, 5) is 8.45. The molecule has 2 aromatic heterocycles. The summed E-state index contributed by atoms with van der Waals surface area (Å²) in [5.41, 5.74) is 2.08. The normalized spacial score (nSPS) is 10.6. The quantitative estimate of drug-likeness (QED) is 0.637. The first-order chi connectivity index (χ1) is 9.19. The highest BCUT2D eigenvalue weighted by Gasteiger charge is 2.11. The van der Waals surface area contributed by atoms with E-state index in [-0.39, 0.29) is 0 Å². The second-order valence-corrected chi connectivity index (χ2v) is 4.37. The van der Waals surface area contributed by atoms with Crippen LogP contribution in [0.25, 0.3) is 16.7 Å². The molecular formula is C13H8ClN5. The van der Waals surface area contributed by atoms with E-state index >= 15 is 0 Å². The number of aromatic nitrogens is 4. The summed E-state index contributed by atoms with van der Waals surface area (Å²) in [6.07, 6.45) is 1.63. The van der Waals surface area contributed by atoms with E-state index in [1.54, 1.807) is 29.9 Å². The van der Waals surface area contributed by atoms with Crippen LogP contribution in [0.2, 0.25) is 5.15 Å². The van der Waals surface area contributed by atoms with E-state index in [9.17, 15) is 0 Å². The average Bonchev–Trinajstić information content (AvgIpc) is 2.83. The van der Waals surface area contributed by atoms with Crippen molar-refractivity contribution in [1.82, 2.24) is 19.7 Å². The Morgan fingerprint density at radius 1 is 1.21 bits per heavy atom. The van der Waals surface area contributed by atoms with Crippen molar-refractivity contribution in [1.29, 1.82) is 5.26 Å². The first-order valence-electron chi connectivity index (χ1n) is 5.57. The first-order valence-corrected chi connectivity index (χ1v) is 5.95. The van der Waals surface area contributed by atoms with Gasteiger partial charge in [0.15, 0.2) is 5.65 Å². The van der Waals surface area contributed by atoms with Gasteiger partial charge in [-0.3, -0.25) is 0 Å². The molecule has 0 amide bonds. The monoisotopic (exact) mass is 269 g/mol. The highest BCUT2D eigenvalue weighted by molar-refractivity contribution is 6.33. The molecule has 0 aliphatic carbocycles. The van der Waals surface area contributed by atoms with E-state index in [1.165, 1.54) is 0 Å². The molecule has 0 N–H and O–H groups in total. The lowest BCUT2D eigenvalue weighted by molar-refractivity contribution is 0.889. The molecule has 0 spiro atoms. The summed E-state index contributed by atoms with van der Waals surface area (Å²) in [6.45, 7) is 1.78. The van der Waals surface area contributed by atoms with Gasteiger partial charge >= 0.3 is 0 Å².